The van der Waals surface area contributed by atoms with E-state index in [1.807, 2.05) is 6.07 Å². The highest BCUT2D eigenvalue weighted by molar-refractivity contribution is 5.75. The van der Waals surface area contributed by atoms with Gasteiger partial charge in [-0.1, -0.05) is 6.07 Å². The van der Waals surface area contributed by atoms with Crippen LogP contribution in [0.5, 0.6) is 0 Å². The van der Waals surface area contributed by atoms with E-state index in [1.54, 1.807) is 13.0 Å². The summed E-state index contributed by atoms with van der Waals surface area (Å²) in [7, 11) is 0. The third kappa shape index (κ3) is 2.03. The Balaban J connectivity index is 2.93. The van der Waals surface area contributed by atoms with Crippen LogP contribution in [-0.4, -0.2) is 16.1 Å². The average molecular weight is 176 g/mol. The van der Waals surface area contributed by atoms with E-state index in [2.05, 4.69) is 4.98 Å². The monoisotopic (exact) mass is 176 g/mol. The molecular weight excluding hydrogens is 168 g/mol. The fourth-order valence-electron chi connectivity index (χ4n) is 0.870. The molecule has 0 unspecified atom stereocenters. The van der Waals surface area contributed by atoms with Crippen LogP contribution in [0.3, 0.4) is 0 Å². The normalized spacial score (nSPS) is 11.7. The van der Waals surface area contributed by atoms with Crippen molar-refractivity contribution in [1.29, 1.82) is 5.26 Å². The van der Waals surface area contributed by atoms with Crippen LogP contribution in [-0.2, 0) is 4.79 Å². The number of carbonyl (C=O) groups is 1. The number of hydrogen-bond donors (Lipinski definition) is 1. The molecule has 4 nitrogen and oxygen atoms in total. The molecule has 1 aromatic rings. The van der Waals surface area contributed by atoms with Crippen LogP contribution in [0, 0.1) is 11.3 Å². The zero-order chi connectivity index (χ0) is 9.84. The molecule has 0 aliphatic carbocycles. The van der Waals surface area contributed by atoms with Crippen molar-refractivity contribution in [2.45, 2.75) is 12.8 Å². The van der Waals surface area contributed by atoms with Crippen LogP contribution in [0.1, 0.15) is 24.1 Å². The minimum atomic E-state index is -0.897. The van der Waals surface area contributed by atoms with Gasteiger partial charge in [-0.3, -0.25) is 4.79 Å². The first-order valence-corrected chi connectivity index (χ1v) is 3.74. The van der Waals surface area contributed by atoms with E-state index in [1.165, 1.54) is 12.3 Å². The van der Waals surface area contributed by atoms with Crippen molar-refractivity contribution in [3.05, 3.63) is 29.6 Å². The molecule has 0 aliphatic heterocycles. The van der Waals surface area contributed by atoms with Gasteiger partial charge in [-0.15, -0.1) is 0 Å². The second-order valence-electron chi connectivity index (χ2n) is 2.65. The first kappa shape index (κ1) is 9.20. The highest BCUT2D eigenvalue weighted by Gasteiger charge is 2.13. The SMILES string of the molecule is C[C@H](C(=O)O)c1ccc(C#N)nc1. The number of carboxylic acid groups (broad SMARTS) is 1. The maximum absolute atomic E-state index is 10.6. The fourth-order valence-corrected chi connectivity index (χ4v) is 0.870. The van der Waals surface area contributed by atoms with E-state index in [9.17, 15) is 4.79 Å². The second kappa shape index (κ2) is 3.68. The standard InChI is InChI=1S/C9H8N2O2/c1-6(9(12)13)7-2-3-8(4-10)11-5-7/h2-3,5-6H,1H3,(H,12,13)/t6-/m0/s1. The lowest BCUT2D eigenvalue weighted by Crippen LogP contribution is -2.07. The Morgan fingerprint density at radius 2 is 2.38 bits per heavy atom. The first-order valence-electron chi connectivity index (χ1n) is 3.74. The first-order chi connectivity index (χ1) is 6.15. The second-order valence-corrected chi connectivity index (χ2v) is 2.65. The van der Waals surface area contributed by atoms with Crippen molar-refractivity contribution in [2.75, 3.05) is 0 Å². The molecule has 1 atom stereocenters. The summed E-state index contributed by atoms with van der Waals surface area (Å²) in [6.45, 7) is 1.57. The Bertz CT molecular complexity index is 351. The summed E-state index contributed by atoms with van der Waals surface area (Å²) in [5.74, 6) is -1.48. The lowest BCUT2D eigenvalue weighted by molar-refractivity contribution is -0.138. The summed E-state index contributed by atoms with van der Waals surface area (Å²) < 4.78 is 0. The molecule has 1 rings (SSSR count). The van der Waals surface area contributed by atoms with Crippen LogP contribution in [0.25, 0.3) is 0 Å². The van der Waals surface area contributed by atoms with Gasteiger partial charge in [0, 0.05) is 6.20 Å². The van der Waals surface area contributed by atoms with E-state index in [-0.39, 0.29) is 0 Å². The number of aromatic nitrogens is 1. The molecule has 1 N–H and O–H groups in total. The number of aliphatic carboxylic acids is 1. The topological polar surface area (TPSA) is 74.0 Å². The number of carboxylic acids is 1. The molecule has 0 amide bonds. The predicted molar refractivity (Wildman–Crippen MR) is 45.0 cm³/mol. The minimum absolute atomic E-state index is 0.293. The average Bonchev–Trinajstić information content (AvgIpc) is 2.17. The number of nitrogens with zero attached hydrogens (tertiary/aromatic N) is 2. The van der Waals surface area contributed by atoms with Crippen molar-refractivity contribution in [1.82, 2.24) is 4.98 Å². The van der Waals surface area contributed by atoms with Gasteiger partial charge in [0.25, 0.3) is 0 Å². The number of hydrogen-bond acceptors (Lipinski definition) is 3. The summed E-state index contributed by atoms with van der Waals surface area (Å²) >= 11 is 0. The summed E-state index contributed by atoms with van der Waals surface area (Å²) in [4.78, 5) is 14.3. The smallest absolute Gasteiger partial charge is 0.310 e. The van der Waals surface area contributed by atoms with Crippen molar-refractivity contribution in [3.63, 3.8) is 0 Å². The van der Waals surface area contributed by atoms with Gasteiger partial charge in [0.05, 0.1) is 5.92 Å². The van der Waals surface area contributed by atoms with Crippen molar-refractivity contribution in [2.24, 2.45) is 0 Å². The molecule has 1 heterocycles. The molecule has 0 saturated heterocycles. The van der Waals surface area contributed by atoms with Crippen molar-refractivity contribution < 1.29 is 9.90 Å². The quantitative estimate of drug-likeness (QED) is 0.733. The summed E-state index contributed by atoms with van der Waals surface area (Å²) in [6, 6.07) is 4.97. The van der Waals surface area contributed by atoms with Gasteiger partial charge in [-0.25, -0.2) is 4.98 Å². The van der Waals surface area contributed by atoms with E-state index in [4.69, 9.17) is 10.4 Å². The zero-order valence-electron chi connectivity index (χ0n) is 7.06. The third-order valence-corrected chi connectivity index (χ3v) is 1.77. The Hall–Kier alpha value is -1.89. The Kier molecular flexibility index (Phi) is 2.60. The third-order valence-electron chi connectivity index (χ3n) is 1.77. The van der Waals surface area contributed by atoms with Gasteiger partial charge in [0.2, 0.25) is 0 Å². The van der Waals surface area contributed by atoms with Crippen LogP contribution in [0.4, 0.5) is 0 Å². The lowest BCUT2D eigenvalue weighted by Gasteiger charge is -2.04. The molecule has 0 saturated carbocycles. The molecule has 0 spiro atoms. The van der Waals surface area contributed by atoms with Crippen molar-refractivity contribution >= 4 is 5.97 Å². The highest BCUT2D eigenvalue weighted by Crippen LogP contribution is 2.13. The number of nitriles is 1. The van der Waals surface area contributed by atoms with Crippen LogP contribution in [0.15, 0.2) is 18.3 Å². The van der Waals surface area contributed by atoms with Gasteiger partial charge in [-0.05, 0) is 18.6 Å². The molecule has 66 valence electrons. The highest BCUT2D eigenvalue weighted by atomic mass is 16.4. The summed E-state index contributed by atoms with van der Waals surface area (Å²) in [6.07, 6.45) is 1.41. The van der Waals surface area contributed by atoms with E-state index >= 15 is 0 Å². The Morgan fingerprint density at radius 3 is 2.77 bits per heavy atom. The summed E-state index contributed by atoms with van der Waals surface area (Å²) in [5.41, 5.74) is 0.896. The van der Waals surface area contributed by atoms with E-state index in [0.29, 0.717) is 11.3 Å². The van der Waals surface area contributed by atoms with Gasteiger partial charge in [0.1, 0.15) is 11.8 Å². The van der Waals surface area contributed by atoms with Gasteiger partial charge >= 0.3 is 5.97 Å². The van der Waals surface area contributed by atoms with Crippen LogP contribution >= 0.6 is 0 Å². The Labute approximate surface area is 75.5 Å². The Morgan fingerprint density at radius 1 is 1.69 bits per heavy atom. The molecule has 4 heteroatoms. The maximum atomic E-state index is 10.6. The number of rotatable bonds is 2. The van der Waals surface area contributed by atoms with Gasteiger partial charge in [0.15, 0.2) is 0 Å². The molecule has 13 heavy (non-hydrogen) atoms. The number of pyridine rings is 1. The predicted octanol–water partition coefficient (Wildman–Crippen LogP) is 1.14. The molecule has 0 bridgehead atoms. The zero-order valence-corrected chi connectivity index (χ0v) is 7.06. The molecule has 0 aromatic carbocycles. The molecule has 0 fully saturated rings. The largest absolute Gasteiger partial charge is 0.481 e. The summed E-state index contributed by atoms with van der Waals surface area (Å²) in [5, 5.41) is 17.1. The molecule has 0 aliphatic rings. The lowest BCUT2D eigenvalue weighted by atomic mass is 10.0. The van der Waals surface area contributed by atoms with Crippen molar-refractivity contribution in [3.8, 4) is 6.07 Å². The van der Waals surface area contributed by atoms with Gasteiger partial charge in [-0.2, -0.15) is 5.26 Å². The maximum Gasteiger partial charge on any atom is 0.310 e. The van der Waals surface area contributed by atoms with Crippen LogP contribution in [0.2, 0.25) is 0 Å². The van der Waals surface area contributed by atoms with Gasteiger partial charge < -0.3 is 5.11 Å². The van der Waals surface area contributed by atoms with E-state index in [0.717, 1.165) is 0 Å². The molecule has 1 aromatic heterocycles. The molecule has 0 radical (unpaired) electrons. The molecular formula is C9H8N2O2. The van der Waals surface area contributed by atoms with E-state index < -0.39 is 11.9 Å². The van der Waals surface area contributed by atoms with Crippen LogP contribution < -0.4 is 0 Å². The fraction of sp³-hybridized carbons (Fsp3) is 0.222. The minimum Gasteiger partial charge on any atom is -0.481 e.